The quantitative estimate of drug-likeness (QED) is 0.523. The van der Waals surface area contributed by atoms with Crippen LogP contribution in [0.1, 0.15) is 0 Å². The Morgan fingerprint density at radius 1 is 1.86 bits per heavy atom. The van der Waals surface area contributed by atoms with E-state index in [1.165, 1.54) is 12.5 Å². The van der Waals surface area contributed by atoms with Gasteiger partial charge in [-0.2, -0.15) is 0 Å². The van der Waals surface area contributed by atoms with Crippen LogP contribution in [0.4, 0.5) is 0 Å². The standard InChI is InChI=1S/C5H5O2/c1-6-5-2-3-7-4-5/h3-4H,1H3. The molecule has 0 N–H and O–H groups in total. The summed E-state index contributed by atoms with van der Waals surface area (Å²) in [5.41, 5.74) is 0. The first-order chi connectivity index (χ1) is 3.43. The van der Waals surface area contributed by atoms with Crippen LogP contribution in [-0.4, -0.2) is 7.11 Å². The third kappa shape index (κ3) is 0.738. The summed E-state index contributed by atoms with van der Waals surface area (Å²) < 4.78 is 9.33. The molecule has 1 aromatic heterocycles. The summed E-state index contributed by atoms with van der Waals surface area (Å²) in [5.74, 6) is 0.639. The van der Waals surface area contributed by atoms with Crippen molar-refractivity contribution in [3.05, 3.63) is 18.6 Å². The van der Waals surface area contributed by atoms with Crippen molar-refractivity contribution in [1.29, 1.82) is 0 Å². The summed E-state index contributed by atoms with van der Waals surface area (Å²) in [4.78, 5) is 0. The van der Waals surface area contributed by atoms with Gasteiger partial charge >= 0.3 is 0 Å². The minimum Gasteiger partial charge on any atom is -0.493 e. The predicted octanol–water partition coefficient (Wildman–Crippen LogP) is 1.09. The van der Waals surface area contributed by atoms with E-state index in [9.17, 15) is 0 Å². The molecule has 0 amide bonds. The van der Waals surface area contributed by atoms with E-state index < -0.39 is 0 Å². The molecule has 1 radical (unpaired) electrons. The Morgan fingerprint density at radius 3 is 3.00 bits per heavy atom. The van der Waals surface area contributed by atoms with E-state index in [1.54, 1.807) is 7.11 Å². The minimum atomic E-state index is 0.639. The molecule has 0 aliphatic rings. The van der Waals surface area contributed by atoms with E-state index in [-0.39, 0.29) is 0 Å². The SMILES string of the molecule is COc1[c]coc1. The number of methoxy groups -OCH3 is 1. The van der Waals surface area contributed by atoms with Crippen LogP contribution in [0.3, 0.4) is 0 Å². The fourth-order valence-electron chi connectivity index (χ4n) is 0.329. The van der Waals surface area contributed by atoms with Crippen molar-refractivity contribution >= 4 is 0 Å². The second-order valence-corrected chi connectivity index (χ2v) is 1.08. The van der Waals surface area contributed by atoms with Gasteiger partial charge in [-0.25, -0.2) is 0 Å². The average molecular weight is 97.1 g/mol. The summed E-state index contributed by atoms with van der Waals surface area (Å²) in [6, 6.07) is 2.70. The van der Waals surface area contributed by atoms with Gasteiger partial charge in [0.15, 0.2) is 5.75 Å². The molecule has 0 aliphatic heterocycles. The first kappa shape index (κ1) is 4.24. The van der Waals surface area contributed by atoms with Crippen molar-refractivity contribution in [2.45, 2.75) is 0 Å². The lowest BCUT2D eigenvalue weighted by atomic mass is 10.6. The average Bonchev–Trinajstić information content (AvgIpc) is 2.14. The topological polar surface area (TPSA) is 22.4 Å². The van der Waals surface area contributed by atoms with Crippen molar-refractivity contribution in [1.82, 2.24) is 0 Å². The van der Waals surface area contributed by atoms with Crippen LogP contribution in [0.15, 0.2) is 16.9 Å². The van der Waals surface area contributed by atoms with Crippen molar-refractivity contribution < 1.29 is 9.15 Å². The van der Waals surface area contributed by atoms with Gasteiger partial charge < -0.3 is 9.15 Å². The Morgan fingerprint density at radius 2 is 2.71 bits per heavy atom. The molecule has 0 aliphatic carbocycles. The Kier molecular flexibility index (Phi) is 1.02. The van der Waals surface area contributed by atoms with Crippen molar-refractivity contribution in [2.24, 2.45) is 0 Å². The summed E-state index contributed by atoms with van der Waals surface area (Å²) in [6.45, 7) is 0. The van der Waals surface area contributed by atoms with Crippen LogP contribution in [0, 0.1) is 6.07 Å². The van der Waals surface area contributed by atoms with Crippen LogP contribution in [0.25, 0.3) is 0 Å². The molecule has 0 saturated carbocycles. The number of ether oxygens (including phenoxy) is 1. The molecule has 2 nitrogen and oxygen atoms in total. The zero-order valence-corrected chi connectivity index (χ0v) is 3.97. The van der Waals surface area contributed by atoms with Crippen LogP contribution in [-0.2, 0) is 0 Å². The molecule has 0 spiro atoms. The van der Waals surface area contributed by atoms with Gasteiger partial charge in [-0.1, -0.05) is 0 Å². The van der Waals surface area contributed by atoms with Gasteiger partial charge in [-0.05, 0) is 0 Å². The summed E-state index contributed by atoms with van der Waals surface area (Å²) in [7, 11) is 1.57. The maximum atomic E-state index is 4.70. The molecule has 0 atom stereocenters. The third-order valence-corrected chi connectivity index (χ3v) is 0.664. The Bertz CT molecular complexity index is 121. The molecule has 7 heavy (non-hydrogen) atoms. The van der Waals surface area contributed by atoms with Gasteiger partial charge in [0, 0.05) is 0 Å². The summed E-state index contributed by atoms with van der Waals surface area (Å²) in [5, 5.41) is 0. The zero-order chi connectivity index (χ0) is 5.11. The van der Waals surface area contributed by atoms with Crippen molar-refractivity contribution in [2.75, 3.05) is 7.11 Å². The highest BCUT2D eigenvalue weighted by molar-refractivity contribution is 5.09. The Labute approximate surface area is 41.7 Å². The van der Waals surface area contributed by atoms with E-state index >= 15 is 0 Å². The van der Waals surface area contributed by atoms with E-state index in [1.807, 2.05) is 0 Å². The largest absolute Gasteiger partial charge is 0.493 e. The normalized spacial score (nSPS) is 8.71. The molecule has 0 saturated heterocycles. The van der Waals surface area contributed by atoms with E-state index in [4.69, 9.17) is 4.74 Å². The number of rotatable bonds is 1. The van der Waals surface area contributed by atoms with Crippen LogP contribution in [0.2, 0.25) is 0 Å². The molecule has 1 rings (SSSR count). The van der Waals surface area contributed by atoms with Crippen LogP contribution in [0.5, 0.6) is 5.75 Å². The molecule has 0 unspecified atom stereocenters. The van der Waals surface area contributed by atoms with Crippen LogP contribution >= 0.6 is 0 Å². The van der Waals surface area contributed by atoms with Gasteiger partial charge in [0.1, 0.15) is 12.5 Å². The first-order valence-corrected chi connectivity index (χ1v) is 1.91. The smallest absolute Gasteiger partial charge is 0.165 e. The number of furan rings is 1. The molecular formula is C5H5O2. The number of hydrogen-bond acceptors (Lipinski definition) is 2. The molecule has 1 heterocycles. The molecule has 0 fully saturated rings. The zero-order valence-electron chi connectivity index (χ0n) is 3.97. The highest BCUT2D eigenvalue weighted by Gasteiger charge is 1.85. The highest BCUT2D eigenvalue weighted by atomic mass is 16.5. The second-order valence-electron chi connectivity index (χ2n) is 1.08. The first-order valence-electron chi connectivity index (χ1n) is 1.91. The summed E-state index contributed by atoms with van der Waals surface area (Å²) in [6.07, 6.45) is 2.93. The monoisotopic (exact) mass is 97.0 g/mol. The van der Waals surface area contributed by atoms with Gasteiger partial charge in [0.2, 0.25) is 0 Å². The van der Waals surface area contributed by atoms with E-state index in [0.717, 1.165) is 0 Å². The molecule has 1 aromatic rings. The van der Waals surface area contributed by atoms with Crippen LogP contribution < -0.4 is 4.74 Å². The molecule has 0 bridgehead atoms. The lowest BCUT2D eigenvalue weighted by Crippen LogP contribution is -1.75. The third-order valence-electron chi connectivity index (χ3n) is 0.664. The van der Waals surface area contributed by atoms with E-state index in [2.05, 4.69) is 10.5 Å². The van der Waals surface area contributed by atoms with Gasteiger partial charge in [0.05, 0.1) is 13.2 Å². The maximum absolute atomic E-state index is 4.70. The van der Waals surface area contributed by atoms with Gasteiger partial charge in [-0.15, -0.1) is 0 Å². The van der Waals surface area contributed by atoms with Crippen molar-refractivity contribution in [3.8, 4) is 5.75 Å². The van der Waals surface area contributed by atoms with Gasteiger partial charge in [0.25, 0.3) is 0 Å². The second kappa shape index (κ2) is 1.69. The Hall–Kier alpha value is -0.920. The fourth-order valence-corrected chi connectivity index (χ4v) is 0.329. The van der Waals surface area contributed by atoms with Gasteiger partial charge in [-0.3, -0.25) is 0 Å². The highest BCUT2D eigenvalue weighted by Crippen LogP contribution is 2.05. The lowest BCUT2D eigenvalue weighted by molar-refractivity contribution is 0.405. The number of hydrogen-bond donors (Lipinski definition) is 0. The van der Waals surface area contributed by atoms with E-state index in [0.29, 0.717) is 5.75 Å². The minimum absolute atomic E-state index is 0.639. The molecule has 37 valence electrons. The molecule has 2 heteroatoms. The fraction of sp³-hybridized carbons (Fsp3) is 0.200. The summed E-state index contributed by atoms with van der Waals surface area (Å²) >= 11 is 0. The predicted molar refractivity (Wildman–Crippen MR) is 24.1 cm³/mol. The lowest BCUT2D eigenvalue weighted by Gasteiger charge is -1.84. The van der Waals surface area contributed by atoms with Crippen molar-refractivity contribution in [3.63, 3.8) is 0 Å². The molecular weight excluding hydrogens is 92.1 g/mol. The Balaban J connectivity index is 2.76. The molecule has 0 aromatic carbocycles. The maximum Gasteiger partial charge on any atom is 0.165 e.